The van der Waals surface area contributed by atoms with Crippen LogP contribution in [0.15, 0.2) is 0 Å². The van der Waals surface area contributed by atoms with Crippen LogP contribution in [0.2, 0.25) is 0 Å². The van der Waals surface area contributed by atoms with Gasteiger partial charge in [-0.05, 0) is 12.8 Å². The number of aliphatic carboxylic acids is 1. The summed E-state index contributed by atoms with van der Waals surface area (Å²) < 4.78 is 33.6. The second-order valence-electron chi connectivity index (χ2n) is 21.9. The zero-order valence-electron chi connectivity index (χ0n) is 47.8. The van der Waals surface area contributed by atoms with Gasteiger partial charge in [-0.3, -0.25) is 18.6 Å². The number of hydrogen-bond donors (Lipinski definition) is 3. The Labute approximate surface area is 446 Å². The summed E-state index contributed by atoms with van der Waals surface area (Å²) in [7, 11) is -4.62. The molecule has 0 aromatic rings. The number of hydrogen-bond acceptors (Lipinski definition) is 8. The topological polar surface area (TPSA) is 155 Å². The predicted octanol–water partition coefficient (Wildman–Crippen LogP) is 19.4. The monoisotopic (exact) mass is 1040 g/mol. The number of carbonyl (C=O) groups excluding carboxylic acids is 1. The van der Waals surface area contributed by atoms with E-state index in [1.165, 1.54) is 283 Å². The molecule has 0 aliphatic heterocycles. The minimum absolute atomic E-state index is 0.0263. The van der Waals surface area contributed by atoms with E-state index < -0.39 is 45.1 Å². The lowest BCUT2D eigenvalue weighted by Gasteiger charge is -2.20. The van der Waals surface area contributed by atoms with E-state index in [1.54, 1.807) is 0 Å². The van der Waals surface area contributed by atoms with Crippen molar-refractivity contribution in [3.8, 4) is 0 Å². The fourth-order valence-electron chi connectivity index (χ4n) is 9.79. The standard InChI is InChI=1S/C61H122NO9P/c1-3-5-7-9-11-13-15-17-19-20-21-22-23-24-25-26-27-28-29-30-31-32-33-34-35-36-37-38-39-40-41-43-45-47-49-51-53-60(63)71-58(56-69-72(66,67)70-57-59(62)61(64)65)55-68-54-52-50-48-46-44-42-18-16-14-12-10-8-6-4-2/h58-59H,3-57,62H2,1-2H3,(H,64,65)(H,66,67)/t58-,59+/m1/s1. The summed E-state index contributed by atoms with van der Waals surface area (Å²) >= 11 is 0. The number of carboxylic acids is 1. The van der Waals surface area contributed by atoms with E-state index in [-0.39, 0.29) is 13.0 Å². The SMILES string of the molecule is CCCCCCCCCCCCCCCCCCCCCCCCCCCCCCCCCCCCCCC(=O)O[C@H](COCCCCCCCCCCCCCCCC)COP(=O)(O)OC[C@H](N)C(=O)O. The van der Waals surface area contributed by atoms with Gasteiger partial charge in [-0.25, -0.2) is 4.57 Å². The van der Waals surface area contributed by atoms with E-state index in [0.29, 0.717) is 6.61 Å². The summed E-state index contributed by atoms with van der Waals surface area (Å²) in [5.41, 5.74) is 5.39. The maximum Gasteiger partial charge on any atom is 0.472 e. The van der Waals surface area contributed by atoms with Gasteiger partial charge >= 0.3 is 19.8 Å². The molecule has 0 heterocycles. The molecule has 0 aliphatic rings. The first-order valence-corrected chi connectivity index (χ1v) is 33.1. The molecule has 0 radical (unpaired) electrons. The first-order chi connectivity index (χ1) is 35.2. The molecule has 0 saturated heterocycles. The molecule has 0 aromatic carbocycles. The molecule has 11 heteroatoms. The first-order valence-electron chi connectivity index (χ1n) is 31.6. The van der Waals surface area contributed by atoms with E-state index in [1.807, 2.05) is 0 Å². The van der Waals surface area contributed by atoms with Crippen molar-refractivity contribution in [3.63, 3.8) is 0 Å². The molecule has 1 unspecified atom stereocenters. The van der Waals surface area contributed by atoms with Crippen LogP contribution in [0.1, 0.15) is 341 Å². The Hall–Kier alpha value is -1.03. The molecule has 3 atom stereocenters. The Morgan fingerprint density at radius 1 is 0.389 bits per heavy atom. The van der Waals surface area contributed by atoms with Crippen LogP contribution in [-0.2, 0) is 32.7 Å². The minimum Gasteiger partial charge on any atom is -0.480 e. The smallest absolute Gasteiger partial charge is 0.472 e. The van der Waals surface area contributed by atoms with Crippen LogP contribution in [0.3, 0.4) is 0 Å². The molecule has 0 amide bonds. The molecule has 0 spiro atoms. The van der Waals surface area contributed by atoms with Gasteiger partial charge in [-0.1, -0.05) is 322 Å². The number of carbonyl (C=O) groups is 2. The summed E-state index contributed by atoms with van der Waals surface area (Å²) in [5.74, 6) is -1.76. The van der Waals surface area contributed by atoms with E-state index >= 15 is 0 Å². The highest BCUT2D eigenvalue weighted by atomic mass is 31.2. The molecule has 0 aromatic heterocycles. The third-order valence-corrected chi connectivity index (χ3v) is 15.6. The van der Waals surface area contributed by atoms with E-state index in [0.717, 1.165) is 38.5 Å². The largest absolute Gasteiger partial charge is 0.480 e. The summed E-state index contributed by atoms with van der Waals surface area (Å²) in [6.07, 6.45) is 66.5. The number of phosphoric acid groups is 1. The van der Waals surface area contributed by atoms with Crippen molar-refractivity contribution in [2.45, 2.75) is 353 Å². The van der Waals surface area contributed by atoms with Crippen LogP contribution in [0.5, 0.6) is 0 Å². The van der Waals surface area contributed by atoms with Crippen molar-refractivity contribution in [3.05, 3.63) is 0 Å². The number of ether oxygens (including phenoxy) is 2. The molecule has 0 aliphatic carbocycles. The summed E-state index contributed by atoms with van der Waals surface area (Å²) in [4.78, 5) is 33.8. The van der Waals surface area contributed by atoms with Crippen molar-refractivity contribution < 1.29 is 42.7 Å². The number of phosphoric ester groups is 1. The molecule has 4 N–H and O–H groups in total. The minimum atomic E-state index is -4.62. The van der Waals surface area contributed by atoms with Gasteiger partial charge in [-0.2, -0.15) is 0 Å². The Morgan fingerprint density at radius 2 is 0.639 bits per heavy atom. The van der Waals surface area contributed by atoms with Crippen molar-refractivity contribution in [1.82, 2.24) is 0 Å². The van der Waals surface area contributed by atoms with Gasteiger partial charge in [0.25, 0.3) is 0 Å². The fourth-order valence-corrected chi connectivity index (χ4v) is 10.6. The predicted molar refractivity (Wildman–Crippen MR) is 305 cm³/mol. The highest BCUT2D eigenvalue weighted by molar-refractivity contribution is 7.47. The molecule has 0 saturated carbocycles. The maximum atomic E-state index is 12.7. The van der Waals surface area contributed by atoms with Gasteiger partial charge in [0.1, 0.15) is 12.1 Å². The number of carboxylic acid groups (broad SMARTS) is 1. The summed E-state index contributed by atoms with van der Waals surface area (Å²) in [6, 6.07) is -1.47. The van der Waals surface area contributed by atoms with Crippen LogP contribution < -0.4 is 5.73 Å². The Balaban J connectivity index is 3.79. The average molecular weight is 1040 g/mol. The fraction of sp³-hybridized carbons (Fsp3) is 0.967. The number of nitrogens with two attached hydrogens (primary N) is 1. The average Bonchev–Trinajstić information content (AvgIpc) is 3.36. The Morgan fingerprint density at radius 3 is 0.917 bits per heavy atom. The molecule has 72 heavy (non-hydrogen) atoms. The van der Waals surface area contributed by atoms with Gasteiger partial charge in [-0.15, -0.1) is 0 Å². The number of unbranched alkanes of at least 4 members (excludes halogenated alkanes) is 48. The molecular weight excluding hydrogens is 922 g/mol. The highest BCUT2D eigenvalue weighted by Crippen LogP contribution is 2.43. The second kappa shape index (κ2) is 57.7. The zero-order valence-corrected chi connectivity index (χ0v) is 48.7. The van der Waals surface area contributed by atoms with Gasteiger partial charge in [0, 0.05) is 13.0 Å². The third-order valence-electron chi connectivity index (χ3n) is 14.6. The van der Waals surface area contributed by atoms with Gasteiger partial charge < -0.3 is 25.2 Å². The summed E-state index contributed by atoms with van der Waals surface area (Å²) in [6.45, 7) is 3.97. The Kier molecular flexibility index (Phi) is 56.8. The lowest BCUT2D eigenvalue weighted by molar-refractivity contribution is -0.154. The number of rotatable bonds is 62. The van der Waals surface area contributed by atoms with Crippen LogP contribution in [0.25, 0.3) is 0 Å². The Bertz CT molecular complexity index is 1160. The molecule has 0 rings (SSSR count). The van der Waals surface area contributed by atoms with Crippen LogP contribution in [-0.4, -0.2) is 60.5 Å². The lowest BCUT2D eigenvalue weighted by atomic mass is 10.0. The van der Waals surface area contributed by atoms with Crippen molar-refractivity contribution in [2.24, 2.45) is 5.73 Å². The molecule has 0 fully saturated rings. The van der Waals surface area contributed by atoms with Crippen molar-refractivity contribution in [1.29, 1.82) is 0 Å². The molecule has 430 valence electrons. The molecule has 0 bridgehead atoms. The lowest BCUT2D eigenvalue weighted by Crippen LogP contribution is -2.34. The third kappa shape index (κ3) is 56.7. The first kappa shape index (κ1) is 71.0. The van der Waals surface area contributed by atoms with Crippen LogP contribution in [0.4, 0.5) is 0 Å². The number of esters is 1. The van der Waals surface area contributed by atoms with Gasteiger partial charge in [0.2, 0.25) is 0 Å². The van der Waals surface area contributed by atoms with Crippen LogP contribution >= 0.6 is 7.82 Å². The van der Waals surface area contributed by atoms with Crippen LogP contribution in [0, 0.1) is 0 Å². The highest BCUT2D eigenvalue weighted by Gasteiger charge is 2.27. The van der Waals surface area contributed by atoms with Gasteiger partial charge in [0.15, 0.2) is 0 Å². The van der Waals surface area contributed by atoms with E-state index in [2.05, 4.69) is 13.8 Å². The molecule has 10 nitrogen and oxygen atoms in total. The van der Waals surface area contributed by atoms with Crippen molar-refractivity contribution >= 4 is 19.8 Å². The molecular formula is C61H122NO9P. The van der Waals surface area contributed by atoms with Gasteiger partial charge in [0.05, 0.1) is 19.8 Å². The van der Waals surface area contributed by atoms with E-state index in [9.17, 15) is 19.0 Å². The second-order valence-corrected chi connectivity index (χ2v) is 23.4. The summed E-state index contributed by atoms with van der Waals surface area (Å²) in [5, 5.41) is 8.95. The zero-order chi connectivity index (χ0) is 52.5. The van der Waals surface area contributed by atoms with Crippen molar-refractivity contribution in [2.75, 3.05) is 26.4 Å². The van der Waals surface area contributed by atoms with E-state index in [4.69, 9.17) is 29.4 Å². The normalized spacial score (nSPS) is 13.4. The quantitative estimate of drug-likeness (QED) is 0.0305. The maximum absolute atomic E-state index is 12.7.